The van der Waals surface area contributed by atoms with Crippen LogP contribution in [0.4, 0.5) is 4.39 Å². The molecule has 0 fully saturated rings. The van der Waals surface area contributed by atoms with E-state index >= 15 is 0 Å². The Kier molecular flexibility index (Phi) is 2.42. The number of benzene rings is 1. The van der Waals surface area contributed by atoms with Crippen LogP contribution in [0.25, 0.3) is 5.83 Å². The second-order valence-electron chi connectivity index (χ2n) is 2.45. The molecular weight excluding hydrogens is 139 g/mol. The van der Waals surface area contributed by atoms with Gasteiger partial charge in [0.2, 0.25) is 0 Å². The van der Waals surface area contributed by atoms with Crippen LogP contribution in [0.15, 0.2) is 30.3 Å². The predicted molar refractivity (Wildman–Crippen MR) is 45.9 cm³/mol. The highest BCUT2D eigenvalue weighted by Gasteiger charge is 1.99. The highest BCUT2D eigenvalue weighted by Crippen LogP contribution is 2.18. The molecule has 0 aliphatic heterocycles. The molecule has 0 saturated carbocycles. The monoisotopic (exact) mass is 150 g/mol. The molecule has 0 saturated heterocycles. The molecule has 0 aliphatic rings. The number of rotatable bonds is 1. The van der Waals surface area contributed by atoms with Crippen LogP contribution in [0, 0.1) is 6.92 Å². The van der Waals surface area contributed by atoms with Crippen molar-refractivity contribution in [2.75, 3.05) is 0 Å². The minimum atomic E-state index is -0.150. The fraction of sp³-hybridized carbons (Fsp3) is 0.200. The maximum absolute atomic E-state index is 13.0. The average Bonchev–Trinajstić information content (AvgIpc) is 2.04. The van der Waals surface area contributed by atoms with Gasteiger partial charge in [0.25, 0.3) is 0 Å². The van der Waals surface area contributed by atoms with Gasteiger partial charge in [-0.25, -0.2) is 4.39 Å². The van der Waals surface area contributed by atoms with Gasteiger partial charge in [-0.05, 0) is 19.4 Å². The molecule has 0 aliphatic carbocycles. The normalized spacial score (nSPS) is 11.7. The second kappa shape index (κ2) is 3.33. The lowest BCUT2D eigenvalue weighted by atomic mass is 10.1. The zero-order chi connectivity index (χ0) is 8.27. The molecule has 0 unspecified atom stereocenters. The van der Waals surface area contributed by atoms with E-state index in [0.29, 0.717) is 5.56 Å². The first-order valence-corrected chi connectivity index (χ1v) is 3.63. The average molecular weight is 150 g/mol. The van der Waals surface area contributed by atoms with Crippen LogP contribution in [0.2, 0.25) is 0 Å². The summed E-state index contributed by atoms with van der Waals surface area (Å²) in [4.78, 5) is 0. The Bertz CT molecular complexity index is 274. The summed E-state index contributed by atoms with van der Waals surface area (Å²) < 4.78 is 13.0. The first kappa shape index (κ1) is 7.99. The van der Waals surface area contributed by atoms with Gasteiger partial charge in [-0.1, -0.05) is 30.3 Å². The smallest absolute Gasteiger partial charge is 0.126 e. The molecule has 1 aromatic rings. The zero-order valence-corrected chi connectivity index (χ0v) is 6.76. The van der Waals surface area contributed by atoms with Gasteiger partial charge in [0.05, 0.1) is 0 Å². The summed E-state index contributed by atoms with van der Waals surface area (Å²) >= 11 is 0. The molecular formula is C10H11F. The van der Waals surface area contributed by atoms with Crippen LogP contribution in [-0.4, -0.2) is 0 Å². The van der Waals surface area contributed by atoms with Crippen molar-refractivity contribution >= 4 is 5.83 Å². The van der Waals surface area contributed by atoms with Crippen LogP contribution in [-0.2, 0) is 0 Å². The number of halogens is 1. The van der Waals surface area contributed by atoms with E-state index in [1.165, 1.54) is 6.08 Å². The van der Waals surface area contributed by atoms with E-state index in [2.05, 4.69) is 0 Å². The summed E-state index contributed by atoms with van der Waals surface area (Å²) in [6, 6.07) is 7.43. The third-order valence-corrected chi connectivity index (χ3v) is 1.66. The van der Waals surface area contributed by atoms with Crippen molar-refractivity contribution in [2.24, 2.45) is 0 Å². The molecule has 0 radical (unpaired) electrons. The van der Waals surface area contributed by atoms with Gasteiger partial charge >= 0.3 is 0 Å². The summed E-state index contributed by atoms with van der Waals surface area (Å²) in [5, 5.41) is 0. The predicted octanol–water partition coefficient (Wildman–Crippen LogP) is 3.33. The molecule has 11 heavy (non-hydrogen) atoms. The van der Waals surface area contributed by atoms with Crippen molar-refractivity contribution < 1.29 is 4.39 Å². The molecule has 1 rings (SSSR count). The number of aryl methyl sites for hydroxylation is 1. The number of hydrogen-bond donors (Lipinski definition) is 0. The topological polar surface area (TPSA) is 0 Å². The highest BCUT2D eigenvalue weighted by molar-refractivity contribution is 5.61. The van der Waals surface area contributed by atoms with E-state index in [-0.39, 0.29) is 5.83 Å². The highest BCUT2D eigenvalue weighted by atomic mass is 19.1. The van der Waals surface area contributed by atoms with Crippen LogP contribution in [0.1, 0.15) is 18.1 Å². The lowest BCUT2D eigenvalue weighted by molar-refractivity contribution is 0.757. The van der Waals surface area contributed by atoms with Gasteiger partial charge in [0.1, 0.15) is 5.83 Å². The van der Waals surface area contributed by atoms with Crippen LogP contribution in [0.3, 0.4) is 0 Å². The summed E-state index contributed by atoms with van der Waals surface area (Å²) in [7, 11) is 0. The Hall–Kier alpha value is -1.11. The summed E-state index contributed by atoms with van der Waals surface area (Å²) in [5.74, 6) is -0.150. The quantitative estimate of drug-likeness (QED) is 0.576. The lowest BCUT2D eigenvalue weighted by Gasteiger charge is -2.00. The zero-order valence-electron chi connectivity index (χ0n) is 6.76. The number of hydrogen-bond acceptors (Lipinski definition) is 0. The van der Waals surface area contributed by atoms with E-state index in [0.717, 1.165) is 5.56 Å². The SMILES string of the molecule is C/C=C(/F)c1ccccc1C. The molecule has 1 heteroatoms. The van der Waals surface area contributed by atoms with Crippen LogP contribution >= 0.6 is 0 Å². The Morgan fingerprint density at radius 2 is 2.00 bits per heavy atom. The third kappa shape index (κ3) is 1.67. The lowest BCUT2D eigenvalue weighted by Crippen LogP contribution is -1.82. The third-order valence-electron chi connectivity index (χ3n) is 1.66. The van der Waals surface area contributed by atoms with Gasteiger partial charge < -0.3 is 0 Å². The fourth-order valence-electron chi connectivity index (χ4n) is 0.996. The largest absolute Gasteiger partial charge is 0.207 e. The standard InChI is InChI=1S/C10H11F/c1-3-10(11)9-7-5-4-6-8(9)2/h3-7H,1-2H3/b10-3+. The van der Waals surface area contributed by atoms with Gasteiger partial charge in [-0.15, -0.1) is 0 Å². The first-order chi connectivity index (χ1) is 5.25. The Morgan fingerprint density at radius 3 is 2.55 bits per heavy atom. The van der Waals surface area contributed by atoms with Gasteiger partial charge in [0, 0.05) is 5.56 Å². The van der Waals surface area contributed by atoms with Crippen molar-refractivity contribution in [3.05, 3.63) is 41.5 Å². The first-order valence-electron chi connectivity index (χ1n) is 3.63. The van der Waals surface area contributed by atoms with Crippen molar-refractivity contribution in [2.45, 2.75) is 13.8 Å². The molecule has 1 aromatic carbocycles. The molecule has 0 amide bonds. The molecule has 0 atom stereocenters. The maximum Gasteiger partial charge on any atom is 0.126 e. The maximum atomic E-state index is 13.0. The molecule has 0 heterocycles. The van der Waals surface area contributed by atoms with Crippen LogP contribution in [0.5, 0.6) is 0 Å². The Morgan fingerprint density at radius 1 is 1.36 bits per heavy atom. The molecule has 0 nitrogen and oxygen atoms in total. The van der Waals surface area contributed by atoms with E-state index in [1.807, 2.05) is 25.1 Å². The molecule has 58 valence electrons. The van der Waals surface area contributed by atoms with E-state index in [1.54, 1.807) is 13.0 Å². The number of allylic oxidation sites excluding steroid dienone is 1. The Balaban J connectivity index is 3.14. The van der Waals surface area contributed by atoms with Gasteiger partial charge in [0.15, 0.2) is 0 Å². The fourth-order valence-corrected chi connectivity index (χ4v) is 0.996. The van der Waals surface area contributed by atoms with Crippen molar-refractivity contribution in [1.29, 1.82) is 0 Å². The second-order valence-corrected chi connectivity index (χ2v) is 2.45. The minimum absolute atomic E-state index is 0.150. The van der Waals surface area contributed by atoms with E-state index in [4.69, 9.17) is 0 Å². The summed E-state index contributed by atoms with van der Waals surface area (Å²) in [6.07, 6.45) is 1.47. The van der Waals surface area contributed by atoms with Crippen molar-refractivity contribution in [3.8, 4) is 0 Å². The van der Waals surface area contributed by atoms with Crippen molar-refractivity contribution in [3.63, 3.8) is 0 Å². The van der Waals surface area contributed by atoms with Crippen LogP contribution < -0.4 is 0 Å². The van der Waals surface area contributed by atoms with Gasteiger partial charge in [-0.3, -0.25) is 0 Å². The van der Waals surface area contributed by atoms with E-state index in [9.17, 15) is 4.39 Å². The molecule has 0 aromatic heterocycles. The Labute approximate surface area is 66.4 Å². The minimum Gasteiger partial charge on any atom is -0.207 e. The summed E-state index contributed by atoms with van der Waals surface area (Å²) in [6.45, 7) is 3.60. The summed E-state index contributed by atoms with van der Waals surface area (Å²) in [5.41, 5.74) is 1.66. The molecule has 0 spiro atoms. The van der Waals surface area contributed by atoms with E-state index < -0.39 is 0 Å². The molecule has 0 N–H and O–H groups in total. The van der Waals surface area contributed by atoms with Gasteiger partial charge in [-0.2, -0.15) is 0 Å². The van der Waals surface area contributed by atoms with Crippen molar-refractivity contribution in [1.82, 2.24) is 0 Å². The molecule has 0 bridgehead atoms.